The van der Waals surface area contributed by atoms with Crippen LogP contribution in [0.4, 0.5) is 13.2 Å². The Morgan fingerprint density at radius 3 is 2.66 bits per heavy atom. The number of hydrogen-bond acceptors (Lipinski definition) is 5. The Hall–Kier alpha value is -3.17. The highest BCUT2D eigenvalue weighted by Crippen LogP contribution is 2.32. The van der Waals surface area contributed by atoms with E-state index in [-0.39, 0.29) is 12.7 Å². The van der Waals surface area contributed by atoms with Crippen LogP contribution in [0.5, 0.6) is 17.4 Å². The van der Waals surface area contributed by atoms with E-state index in [1.54, 1.807) is 6.07 Å². The van der Waals surface area contributed by atoms with Gasteiger partial charge in [0, 0.05) is 25.4 Å². The number of guanidine groups is 1. The van der Waals surface area contributed by atoms with Gasteiger partial charge in [-0.05, 0) is 30.2 Å². The van der Waals surface area contributed by atoms with E-state index in [9.17, 15) is 13.2 Å². The van der Waals surface area contributed by atoms with E-state index in [0.717, 1.165) is 16.9 Å². The Morgan fingerprint density at radius 1 is 1.14 bits per heavy atom. The Balaban J connectivity index is 1.54. The molecule has 0 atom stereocenters. The van der Waals surface area contributed by atoms with E-state index in [1.165, 1.54) is 12.3 Å². The molecule has 29 heavy (non-hydrogen) atoms. The van der Waals surface area contributed by atoms with Crippen molar-refractivity contribution in [2.24, 2.45) is 4.99 Å². The number of ether oxygens (including phenoxy) is 3. The molecular weight excluding hydrogens is 389 g/mol. The van der Waals surface area contributed by atoms with Gasteiger partial charge >= 0.3 is 6.18 Å². The average Bonchev–Trinajstić information content (AvgIpc) is 3.16. The van der Waals surface area contributed by atoms with Gasteiger partial charge in [0.2, 0.25) is 12.7 Å². The van der Waals surface area contributed by atoms with Crippen molar-refractivity contribution in [2.75, 3.05) is 19.9 Å². The number of fused-ring (bicyclic) bond motifs is 1. The van der Waals surface area contributed by atoms with Crippen molar-refractivity contribution in [3.05, 3.63) is 47.7 Å². The summed E-state index contributed by atoms with van der Waals surface area (Å²) in [6.07, 6.45) is -2.95. The molecule has 2 aromatic rings. The summed E-state index contributed by atoms with van der Waals surface area (Å²) in [4.78, 5) is 8.34. The van der Waals surface area contributed by atoms with E-state index in [1.807, 2.05) is 25.1 Å². The lowest BCUT2D eigenvalue weighted by molar-refractivity contribution is -0.154. The number of nitrogens with one attached hydrogen (secondary N) is 2. The molecule has 1 aliphatic heterocycles. The van der Waals surface area contributed by atoms with E-state index < -0.39 is 12.8 Å². The SMILES string of the molecule is CCNC(=NCc1ccc(OCC(F)(F)F)nc1)NCc1ccc2c(c1)OCO2. The fourth-order valence-electron chi connectivity index (χ4n) is 2.49. The summed E-state index contributed by atoms with van der Waals surface area (Å²) in [5.74, 6) is 1.96. The first kappa shape index (κ1) is 20.6. The highest BCUT2D eigenvalue weighted by Gasteiger charge is 2.28. The Morgan fingerprint density at radius 2 is 1.93 bits per heavy atom. The molecule has 0 fully saturated rings. The largest absolute Gasteiger partial charge is 0.468 e. The lowest BCUT2D eigenvalue weighted by Gasteiger charge is -2.12. The molecule has 1 aliphatic rings. The van der Waals surface area contributed by atoms with Gasteiger partial charge in [-0.25, -0.2) is 9.98 Å². The quantitative estimate of drug-likeness (QED) is 0.540. The van der Waals surface area contributed by atoms with Crippen LogP contribution >= 0.6 is 0 Å². The molecule has 0 aliphatic carbocycles. The van der Waals surface area contributed by atoms with Gasteiger partial charge in [-0.15, -0.1) is 0 Å². The van der Waals surface area contributed by atoms with Gasteiger partial charge in [0.05, 0.1) is 6.54 Å². The molecule has 1 aromatic heterocycles. The summed E-state index contributed by atoms with van der Waals surface area (Å²) in [5.41, 5.74) is 1.75. The topological polar surface area (TPSA) is 77.0 Å². The molecule has 0 unspecified atom stereocenters. The Labute approximate surface area is 165 Å². The number of nitrogens with zero attached hydrogens (tertiary/aromatic N) is 2. The molecule has 7 nitrogen and oxygen atoms in total. The maximum Gasteiger partial charge on any atom is 0.422 e. The fraction of sp³-hybridized carbons (Fsp3) is 0.368. The zero-order valence-corrected chi connectivity index (χ0v) is 15.8. The van der Waals surface area contributed by atoms with Crippen molar-refractivity contribution in [3.8, 4) is 17.4 Å². The van der Waals surface area contributed by atoms with Crippen molar-refractivity contribution in [2.45, 2.75) is 26.2 Å². The van der Waals surface area contributed by atoms with E-state index in [2.05, 4.69) is 25.3 Å². The number of rotatable bonds is 7. The summed E-state index contributed by atoms with van der Waals surface area (Å²) >= 11 is 0. The molecule has 156 valence electrons. The van der Waals surface area contributed by atoms with Gasteiger partial charge in [-0.1, -0.05) is 12.1 Å². The van der Waals surface area contributed by atoms with E-state index >= 15 is 0 Å². The highest BCUT2D eigenvalue weighted by atomic mass is 19.4. The van der Waals surface area contributed by atoms with Gasteiger partial charge in [-0.2, -0.15) is 13.2 Å². The molecule has 1 aromatic carbocycles. The minimum atomic E-state index is -4.39. The molecule has 2 N–H and O–H groups in total. The third kappa shape index (κ3) is 6.44. The van der Waals surface area contributed by atoms with Crippen LogP contribution in [0, 0.1) is 0 Å². The van der Waals surface area contributed by atoms with E-state index in [4.69, 9.17) is 9.47 Å². The zero-order chi connectivity index (χ0) is 20.7. The Kier molecular flexibility index (Phi) is 6.63. The molecule has 0 amide bonds. The van der Waals surface area contributed by atoms with Crippen LogP contribution in [-0.2, 0) is 13.1 Å². The van der Waals surface area contributed by atoms with Gasteiger partial charge in [0.15, 0.2) is 24.1 Å². The number of aromatic nitrogens is 1. The van der Waals surface area contributed by atoms with Gasteiger partial charge in [-0.3, -0.25) is 0 Å². The number of aliphatic imine (C=N–C) groups is 1. The van der Waals surface area contributed by atoms with Gasteiger partial charge < -0.3 is 24.8 Å². The normalized spacial score (nSPS) is 13.3. The van der Waals surface area contributed by atoms with Crippen molar-refractivity contribution in [1.29, 1.82) is 0 Å². The number of benzene rings is 1. The van der Waals surface area contributed by atoms with Crippen molar-refractivity contribution >= 4 is 5.96 Å². The first-order chi connectivity index (χ1) is 13.9. The molecule has 2 heterocycles. The summed E-state index contributed by atoms with van der Waals surface area (Å²) in [6.45, 7) is 2.33. The number of alkyl halides is 3. The second kappa shape index (κ2) is 9.35. The maximum absolute atomic E-state index is 12.2. The predicted octanol–water partition coefficient (Wildman–Crippen LogP) is 3.01. The molecule has 10 heteroatoms. The van der Waals surface area contributed by atoms with Crippen molar-refractivity contribution < 1.29 is 27.4 Å². The smallest absolute Gasteiger partial charge is 0.422 e. The standard InChI is InChI=1S/C19H21F3N4O3/c1-2-23-18(25-8-13-3-5-15-16(7-13)29-12-28-15)26-10-14-4-6-17(24-9-14)27-11-19(20,21)22/h3-7,9H,2,8,10-12H2,1H3,(H2,23,25,26). The van der Waals surface area contributed by atoms with Crippen LogP contribution in [0.2, 0.25) is 0 Å². The van der Waals surface area contributed by atoms with Crippen LogP contribution in [0.1, 0.15) is 18.1 Å². The summed E-state index contributed by atoms with van der Waals surface area (Å²) in [7, 11) is 0. The fourth-order valence-corrected chi connectivity index (χ4v) is 2.49. The minimum Gasteiger partial charge on any atom is -0.468 e. The number of hydrogen-bond donors (Lipinski definition) is 2. The summed E-state index contributed by atoms with van der Waals surface area (Å²) in [5, 5.41) is 6.36. The monoisotopic (exact) mass is 410 g/mol. The summed E-state index contributed by atoms with van der Waals surface area (Å²) < 4.78 is 51.8. The molecule has 0 bridgehead atoms. The van der Waals surface area contributed by atoms with Crippen LogP contribution in [0.3, 0.4) is 0 Å². The predicted molar refractivity (Wildman–Crippen MR) is 100 cm³/mol. The molecule has 3 rings (SSSR count). The molecule has 0 radical (unpaired) electrons. The van der Waals surface area contributed by atoms with Crippen LogP contribution < -0.4 is 24.8 Å². The highest BCUT2D eigenvalue weighted by molar-refractivity contribution is 5.79. The van der Waals surface area contributed by atoms with Gasteiger partial charge in [0.1, 0.15) is 0 Å². The summed E-state index contributed by atoms with van der Waals surface area (Å²) in [6, 6.07) is 8.72. The molecule has 0 spiro atoms. The first-order valence-electron chi connectivity index (χ1n) is 8.98. The second-order valence-electron chi connectivity index (χ2n) is 6.14. The van der Waals surface area contributed by atoms with Crippen molar-refractivity contribution in [3.63, 3.8) is 0 Å². The van der Waals surface area contributed by atoms with Crippen LogP contribution in [-0.4, -0.2) is 37.1 Å². The third-order valence-electron chi connectivity index (χ3n) is 3.84. The maximum atomic E-state index is 12.2. The lowest BCUT2D eigenvalue weighted by atomic mass is 10.2. The van der Waals surface area contributed by atoms with Crippen LogP contribution in [0.15, 0.2) is 41.5 Å². The second-order valence-corrected chi connectivity index (χ2v) is 6.14. The lowest BCUT2D eigenvalue weighted by Crippen LogP contribution is -2.36. The number of pyridine rings is 1. The van der Waals surface area contributed by atoms with E-state index in [0.29, 0.717) is 31.3 Å². The molecule has 0 saturated carbocycles. The Bertz CT molecular complexity index is 842. The first-order valence-corrected chi connectivity index (χ1v) is 8.98. The third-order valence-corrected chi connectivity index (χ3v) is 3.84. The molecular formula is C19H21F3N4O3. The van der Waals surface area contributed by atoms with Crippen molar-refractivity contribution in [1.82, 2.24) is 15.6 Å². The minimum absolute atomic E-state index is 0.0807. The van der Waals surface area contributed by atoms with Gasteiger partial charge in [0.25, 0.3) is 0 Å². The van der Waals surface area contributed by atoms with Crippen LogP contribution in [0.25, 0.3) is 0 Å². The molecule has 0 saturated heterocycles. The zero-order valence-electron chi connectivity index (χ0n) is 15.8. The number of halogens is 3. The average molecular weight is 410 g/mol.